The van der Waals surface area contributed by atoms with Crippen molar-refractivity contribution < 1.29 is 18.3 Å². The molecule has 5 N–H and O–H groups in total. The van der Waals surface area contributed by atoms with Crippen molar-refractivity contribution in [2.75, 3.05) is 13.7 Å². The molecule has 40 heavy (non-hydrogen) atoms. The van der Waals surface area contributed by atoms with Crippen molar-refractivity contribution in [3.63, 3.8) is 0 Å². The fourth-order valence-electron chi connectivity index (χ4n) is 4.33. The van der Waals surface area contributed by atoms with Crippen LogP contribution in [0.25, 0.3) is 0 Å². The molecule has 3 atom stereocenters. The average Bonchev–Trinajstić information content (AvgIpc) is 2.78. The fraction of sp³-hybridized carbons (Fsp3) is 0.690. The first-order valence-corrected chi connectivity index (χ1v) is 20.9. The van der Waals surface area contributed by atoms with Gasteiger partial charge in [-0.05, 0) is 77.3 Å². The van der Waals surface area contributed by atoms with Gasteiger partial charge in [-0.15, -0.1) is 0 Å². The maximum Gasteiger partial charge on any atom is 0.191 e. The second-order valence-electron chi connectivity index (χ2n) is 13.9. The molecule has 0 bridgehead atoms. The Kier molecular flexibility index (Phi) is 11.4. The van der Waals surface area contributed by atoms with Gasteiger partial charge in [0.25, 0.3) is 0 Å². The predicted molar refractivity (Wildman–Crippen MR) is 180 cm³/mol. The normalized spacial score (nSPS) is 20.1. The summed E-state index contributed by atoms with van der Waals surface area (Å²) in [7, 11) is -1.84. The molecule has 0 radical (unpaired) electrons. The molecule has 1 aromatic carbocycles. The zero-order valence-corrected chi connectivity index (χ0v) is 31.2. The number of ether oxygens (including phenoxy) is 2. The van der Waals surface area contributed by atoms with Crippen molar-refractivity contribution in [1.82, 2.24) is 5.32 Å². The molecule has 1 aliphatic rings. The molecule has 0 aliphatic carbocycles. The number of nitrogens with two attached hydrogens (primary N) is 2. The maximum absolute atomic E-state index is 7.08. The molecule has 11 heteroatoms. The van der Waals surface area contributed by atoms with Gasteiger partial charge in [0.2, 0.25) is 0 Å². The molecule has 0 fully saturated rings. The smallest absolute Gasteiger partial charge is 0.191 e. The van der Waals surface area contributed by atoms with Crippen LogP contribution in [0.4, 0.5) is 0 Å². The summed E-state index contributed by atoms with van der Waals surface area (Å²) in [5, 5.41) is 3.40. The summed E-state index contributed by atoms with van der Waals surface area (Å²) in [5.41, 5.74) is 14.5. The first-order valence-electron chi connectivity index (χ1n) is 14.1. The first kappa shape index (κ1) is 35.1. The second-order valence-corrected chi connectivity index (χ2v) is 22.2. The predicted octanol–water partition coefficient (Wildman–Crippen LogP) is 6.27. The number of nitrogens with zero attached hydrogens (tertiary/aromatic N) is 1. The topological polar surface area (TPSA) is 113 Å². The fourth-order valence-corrected chi connectivity index (χ4v) is 7.21. The van der Waals surface area contributed by atoms with Crippen LogP contribution in [0, 0.1) is 14.9 Å². The number of aliphatic imine (C=N–C) groups is 1. The zero-order valence-electron chi connectivity index (χ0n) is 26.9. The quantitative estimate of drug-likeness (QED) is 0.184. The van der Waals surface area contributed by atoms with E-state index in [2.05, 4.69) is 109 Å². The van der Waals surface area contributed by atoms with Crippen molar-refractivity contribution in [3.05, 3.63) is 33.2 Å². The number of benzene rings is 1. The summed E-state index contributed by atoms with van der Waals surface area (Å²) in [4.78, 5) is 4.84. The summed E-state index contributed by atoms with van der Waals surface area (Å²) < 4.78 is 26.2. The number of methoxy groups -OCH3 is 1. The Labute approximate surface area is 259 Å². The summed E-state index contributed by atoms with van der Waals surface area (Å²) in [6, 6.07) is 3.97. The second kappa shape index (κ2) is 13.0. The van der Waals surface area contributed by atoms with Gasteiger partial charge in [-0.3, -0.25) is 5.73 Å². The Bertz CT molecular complexity index is 1100. The minimum atomic E-state index is -2.08. The van der Waals surface area contributed by atoms with Crippen molar-refractivity contribution >= 4 is 45.8 Å². The molecule has 2 rings (SSSR count). The summed E-state index contributed by atoms with van der Waals surface area (Å²) >= 11 is 2.24. The lowest BCUT2D eigenvalue weighted by atomic mass is 9.78. The molecule has 0 saturated heterocycles. The van der Waals surface area contributed by atoms with Crippen molar-refractivity contribution in [1.29, 1.82) is 0 Å². The Hall–Kier alpha value is -1.13. The highest BCUT2D eigenvalue weighted by atomic mass is 127. The van der Waals surface area contributed by atoms with Gasteiger partial charge in [0.05, 0.1) is 22.7 Å². The van der Waals surface area contributed by atoms with Gasteiger partial charge in [0.15, 0.2) is 34.7 Å². The van der Waals surface area contributed by atoms with Crippen LogP contribution in [-0.2, 0) is 8.85 Å². The lowest BCUT2D eigenvalue weighted by Crippen LogP contribution is -2.65. The van der Waals surface area contributed by atoms with E-state index in [1.807, 2.05) is 12.1 Å². The summed E-state index contributed by atoms with van der Waals surface area (Å²) in [5.74, 6) is 0.827. The number of rotatable bonds is 11. The average molecular weight is 705 g/mol. The number of hydrogen-bond acceptors (Lipinski definition) is 8. The van der Waals surface area contributed by atoms with E-state index in [9.17, 15) is 0 Å². The van der Waals surface area contributed by atoms with Crippen molar-refractivity contribution in [3.8, 4) is 11.5 Å². The van der Waals surface area contributed by atoms with Gasteiger partial charge in [-0.1, -0.05) is 55.4 Å². The Morgan fingerprint density at radius 3 is 2.15 bits per heavy atom. The van der Waals surface area contributed by atoms with E-state index < -0.39 is 23.1 Å². The van der Waals surface area contributed by atoms with E-state index in [4.69, 9.17) is 34.8 Å². The zero-order chi connectivity index (χ0) is 30.8. The third kappa shape index (κ3) is 8.46. The molecule has 0 saturated carbocycles. The molecule has 8 nitrogen and oxygen atoms in total. The van der Waals surface area contributed by atoms with Crippen molar-refractivity contribution in [2.24, 2.45) is 27.8 Å². The standard InChI is InChI=1S/C29H53IN4O4Si2/c1-18(2)19-14-23(35-9)21(30)15-22(19)37-24-16-33-29(32,34-26(24)31)20(17-36-40(12,13)28(6,7)8)25(27(3,4)5)38-39(10)11/h14-16,18,20,25,33,39H,17,32H2,1-13H3,(H2,31,34). The monoisotopic (exact) mass is 704 g/mol. The SMILES string of the molecule is COc1cc(C(C)C)c(OC2=CNC(N)(C(CO[Si](C)(C)C(C)(C)C)C(O[SiH](C)C)C(C)(C)C)N=C2N)cc1I. The maximum atomic E-state index is 7.08. The van der Waals surface area contributed by atoms with Gasteiger partial charge in [-0.2, -0.15) is 0 Å². The van der Waals surface area contributed by atoms with Crippen LogP contribution < -0.4 is 26.3 Å². The highest BCUT2D eigenvalue weighted by molar-refractivity contribution is 14.1. The van der Waals surface area contributed by atoms with E-state index in [1.54, 1.807) is 13.3 Å². The van der Waals surface area contributed by atoms with Crippen LogP contribution in [0.5, 0.6) is 11.5 Å². The highest BCUT2D eigenvalue weighted by Crippen LogP contribution is 2.40. The molecule has 3 unspecified atom stereocenters. The van der Waals surface area contributed by atoms with E-state index in [0.29, 0.717) is 18.1 Å². The molecule has 1 aromatic rings. The van der Waals surface area contributed by atoms with Crippen LogP contribution in [0.3, 0.4) is 0 Å². The molecule has 0 amide bonds. The third-order valence-corrected chi connectivity index (χ3v) is 13.9. The van der Waals surface area contributed by atoms with Crippen LogP contribution in [0.1, 0.15) is 66.9 Å². The van der Waals surface area contributed by atoms with Gasteiger partial charge in [0, 0.05) is 18.4 Å². The Morgan fingerprint density at radius 1 is 1.10 bits per heavy atom. The first-order chi connectivity index (χ1) is 18.1. The van der Waals surface area contributed by atoms with Gasteiger partial charge in [-0.25, -0.2) is 4.99 Å². The van der Waals surface area contributed by atoms with E-state index >= 15 is 0 Å². The van der Waals surface area contributed by atoms with Gasteiger partial charge >= 0.3 is 0 Å². The summed E-state index contributed by atoms with van der Waals surface area (Å²) in [6.07, 6.45) is 1.53. The molecule has 1 aliphatic heterocycles. The van der Waals surface area contributed by atoms with Crippen molar-refractivity contribution in [2.45, 2.75) is 104 Å². The van der Waals surface area contributed by atoms with E-state index in [-0.39, 0.29) is 34.2 Å². The molecular formula is C29H53IN4O4Si2. The van der Waals surface area contributed by atoms with Crippen LogP contribution in [0.15, 0.2) is 29.1 Å². The molecular weight excluding hydrogens is 651 g/mol. The third-order valence-electron chi connectivity index (χ3n) is 7.75. The van der Waals surface area contributed by atoms with Crippen LogP contribution in [0.2, 0.25) is 31.2 Å². The minimum Gasteiger partial charge on any atom is -0.496 e. The molecule has 0 spiro atoms. The summed E-state index contributed by atoms with van der Waals surface area (Å²) in [6.45, 7) is 26.7. The van der Waals surface area contributed by atoms with Gasteiger partial charge in [0.1, 0.15) is 11.5 Å². The number of amidine groups is 1. The van der Waals surface area contributed by atoms with E-state index in [1.165, 1.54) is 0 Å². The lowest BCUT2D eigenvalue weighted by Gasteiger charge is -2.47. The number of nitrogens with one attached hydrogen (secondary N) is 1. The molecule has 228 valence electrons. The van der Waals surface area contributed by atoms with Crippen LogP contribution >= 0.6 is 22.6 Å². The number of halogens is 1. The number of hydrogen-bond donors (Lipinski definition) is 3. The Balaban J connectivity index is 2.49. The Morgan fingerprint density at radius 2 is 1.70 bits per heavy atom. The highest BCUT2D eigenvalue weighted by Gasteiger charge is 2.48. The largest absolute Gasteiger partial charge is 0.496 e. The minimum absolute atomic E-state index is 0.0530. The molecule has 1 heterocycles. The molecule has 0 aromatic heterocycles. The van der Waals surface area contributed by atoms with E-state index in [0.717, 1.165) is 14.9 Å². The van der Waals surface area contributed by atoms with Crippen LogP contribution in [-0.4, -0.2) is 48.8 Å². The van der Waals surface area contributed by atoms with Gasteiger partial charge < -0.3 is 29.4 Å². The lowest BCUT2D eigenvalue weighted by molar-refractivity contribution is -0.0285.